The van der Waals surface area contributed by atoms with Crippen LogP contribution in [0, 0.1) is 5.92 Å². The van der Waals surface area contributed by atoms with Crippen molar-refractivity contribution in [2.75, 3.05) is 47.4 Å². The summed E-state index contributed by atoms with van der Waals surface area (Å²) in [5, 5.41) is 6.77. The number of ether oxygens (including phenoxy) is 2. The summed E-state index contributed by atoms with van der Waals surface area (Å²) in [6.45, 7) is 6.06. The fourth-order valence-corrected chi connectivity index (χ4v) is 2.92. The highest BCUT2D eigenvalue weighted by Crippen LogP contribution is 2.19. The molecule has 2 rings (SSSR count). The molecule has 0 radical (unpaired) electrons. The van der Waals surface area contributed by atoms with E-state index in [9.17, 15) is 0 Å². The molecule has 0 amide bonds. The molecule has 2 N–H and O–H groups in total. The molecule has 0 aliphatic carbocycles. The second-order valence-corrected chi connectivity index (χ2v) is 6.69. The summed E-state index contributed by atoms with van der Waals surface area (Å²) in [6.07, 6.45) is 2.51. The normalized spacial score (nSPS) is 17.2. The van der Waals surface area contributed by atoms with Crippen molar-refractivity contribution < 1.29 is 9.47 Å². The third-order valence-corrected chi connectivity index (χ3v) is 4.56. The zero-order valence-electron chi connectivity index (χ0n) is 16.3. The smallest absolute Gasteiger partial charge is 0.191 e. The molecule has 1 aromatic carbocycles. The average molecular weight is 476 g/mol. The molecule has 0 aromatic heterocycles. The van der Waals surface area contributed by atoms with E-state index in [1.54, 1.807) is 14.2 Å². The first-order valence-electron chi connectivity index (χ1n) is 9.04. The Bertz CT molecular complexity index is 548. The maximum Gasteiger partial charge on any atom is 0.191 e. The Hall–Kier alpha value is -1.22. The number of benzene rings is 1. The molecule has 1 unspecified atom stereocenters. The minimum atomic E-state index is 0. The van der Waals surface area contributed by atoms with Gasteiger partial charge in [0.05, 0.1) is 13.7 Å². The SMILES string of the molecule is CN=C(NCC1CCN(C)CC1)NCC(C)Oc1cccc(OC)c1.I. The zero-order valence-corrected chi connectivity index (χ0v) is 18.7. The summed E-state index contributed by atoms with van der Waals surface area (Å²) in [7, 11) is 5.65. The molecule has 0 spiro atoms. The number of aliphatic imine (C=N–C) groups is 1. The van der Waals surface area contributed by atoms with Crippen LogP contribution < -0.4 is 20.1 Å². The first kappa shape index (κ1) is 22.8. The first-order valence-corrected chi connectivity index (χ1v) is 9.04. The summed E-state index contributed by atoms with van der Waals surface area (Å²) >= 11 is 0. The van der Waals surface area contributed by atoms with E-state index in [0.717, 1.165) is 29.9 Å². The summed E-state index contributed by atoms with van der Waals surface area (Å²) in [5.41, 5.74) is 0. The molecule has 1 heterocycles. The lowest BCUT2D eigenvalue weighted by Crippen LogP contribution is -2.44. The van der Waals surface area contributed by atoms with Gasteiger partial charge in [0.2, 0.25) is 0 Å². The van der Waals surface area contributed by atoms with Crippen molar-refractivity contribution in [3.8, 4) is 11.5 Å². The van der Waals surface area contributed by atoms with Crippen LogP contribution in [0.2, 0.25) is 0 Å². The molecule has 26 heavy (non-hydrogen) atoms. The predicted octanol–water partition coefficient (Wildman–Crippen LogP) is 2.59. The molecule has 0 saturated carbocycles. The molecule has 1 aliphatic heterocycles. The van der Waals surface area contributed by atoms with E-state index in [0.29, 0.717) is 6.54 Å². The van der Waals surface area contributed by atoms with Gasteiger partial charge in [0.15, 0.2) is 5.96 Å². The van der Waals surface area contributed by atoms with Gasteiger partial charge in [0, 0.05) is 19.7 Å². The van der Waals surface area contributed by atoms with E-state index >= 15 is 0 Å². The Morgan fingerprint density at radius 3 is 2.62 bits per heavy atom. The summed E-state index contributed by atoms with van der Waals surface area (Å²) < 4.78 is 11.1. The largest absolute Gasteiger partial charge is 0.497 e. The van der Waals surface area contributed by atoms with Crippen LogP contribution in [0.25, 0.3) is 0 Å². The van der Waals surface area contributed by atoms with E-state index < -0.39 is 0 Å². The van der Waals surface area contributed by atoms with Crippen LogP contribution in [0.15, 0.2) is 29.3 Å². The van der Waals surface area contributed by atoms with Gasteiger partial charge in [-0.2, -0.15) is 0 Å². The van der Waals surface area contributed by atoms with Crippen molar-refractivity contribution in [1.82, 2.24) is 15.5 Å². The second kappa shape index (κ2) is 12.2. The molecule has 1 aromatic rings. The van der Waals surface area contributed by atoms with Gasteiger partial charge >= 0.3 is 0 Å². The topological polar surface area (TPSA) is 58.1 Å². The molecule has 1 aliphatic rings. The highest BCUT2D eigenvalue weighted by atomic mass is 127. The number of nitrogens with zero attached hydrogens (tertiary/aromatic N) is 2. The molecule has 148 valence electrons. The van der Waals surface area contributed by atoms with Crippen molar-refractivity contribution in [2.24, 2.45) is 10.9 Å². The zero-order chi connectivity index (χ0) is 18.1. The van der Waals surface area contributed by atoms with Crippen LogP contribution in [-0.4, -0.2) is 64.3 Å². The lowest BCUT2D eigenvalue weighted by atomic mass is 9.97. The van der Waals surface area contributed by atoms with E-state index in [1.807, 2.05) is 31.2 Å². The van der Waals surface area contributed by atoms with Gasteiger partial charge in [0.25, 0.3) is 0 Å². The number of guanidine groups is 1. The van der Waals surface area contributed by atoms with Crippen molar-refractivity contribution in [1.29, 1.82) is 0 Å². The van der Waals surface area contributed by atoms with E-state index in [1.165, 1.54) is 25.9 Å². The van der Waals surface area contributed by atoms with Gasteiger partial charge in [-0.3, -0.25) is 4.99 Å². The predicted molar refractivity (Wildman–Crippen MR) is 118 cm³/mol. The monoisotopic (exact) mass is 476 g/mol. The Kier molecular flexibility index (Phi) is 10.7. The maximum atomic E-state index is 5.93. The van der Waals surface area contributed by atoms with Gasteiger partial charge in [-0.25, -0.2) is 0 Å². The Morgan fingerprint density at radius 2 is 1.96 bits per heavy atom. The molecule has 1 fully saturated rings. The molecule has 0 bridgehead atoms. The van der Waals surface area contributed by atoms with Crippen LogP contribution in [0.3, 0.4) is 0 Å². The summed E-state index contributed by atoms with van der Waals surface area (Å²) in [5.74, 6) is 3.16. The van der Waals surface area contributed by atoms with Crippen LogP contribution >= 0.6 is 24.0 Å². The fourth-order valence-electron chi connectivity index (χ4n) is 2.92. The van der Waals surface area contributed by atoms with Gasteiger partial charge in [-0.05, 0) is 58.0 Å². The summed E-state index contributed by atoms with van der Waals surface area (Å²) in [4.78, 5) is 6.69. The third-order valence-electron chi connectivity index (χ3n) is 4.56. The minimum absolute atomic E-state index is 0. The number of halogens is 1. The van der Waals surface area contributed by atoms with E-state index in [4.69, 9.17) is 9.47 Å². The van der Waals surface area contributed by atoms with Crippen molar-refractivity contribution in [3.63, 3.8) is 0 Å². The molecule has 1 atom stereocenters. The highest BCUT2D eigenvalue weighted by molar-refractivity contribution is 14.0. The van der Waals surface area contributed by atoms with Crippen LogP contribution in [0.5, 0.6) is 11.5 Å². The lowest BCUT2D eigenvalue weighted by Gasteiger charge is -2.29. The number of piperidine rings is 1. The first-order chi connectivity index (χ1) is 12.1. The molecular formula is C19H33IN4O2. The van der Waals surface area contributed by atoms with Crippen molar-refractivity contribution in [2.45, 2.75) is 25.9 Å². The maximum absolute atomic E-state index is 5.93. The number of rotatable bonds is 7. The highest BCUT2D eigenvalue weighted by Gasteiger charge is 2.16. The Labute approximate surface area is 174 Å². The van der Waals surface area contributed by atoms with Crippen LogP contribution in [-0.2, 0) is 0 Å². The van der Waals surface area contributed by atoms with Crippen molar-refractivity contribution >= 4 is 29.9 Å². The standard InChI is InChI=1S/C19H32N4O2.HI/c1-15(25-18-7-5-6-17(12-18)24-4)13-21-19(20-2)22-14-16-8-10-23(3)11-9-16;/h5-7,12,15-16H,8-11,13-14H2,1-4H3,(H2,20,21,22);1H. The molecule has 7 heteroatoms. The van der Waals surface area contributed by atoms with Crippen molar-refractivity contribution in [3.05, 3.63) is 24.3 Å². The fraction of sp³-hybridized carbons (Fsp3) is 0.632. The summed E-state index contributed by atoms with van der Waals surface area (Å²) in [6, 6.07) is 7.66. The molecule has 1 saturated heterocycles. The third kappa shape index (κ3) is 7.99. The minimum Gasteiger partial charge on any atom is -0.497 e. The Balaban J connectivity index is 0.00000338. The van der Waals surface area contributed by atoms with E-state index in [2.05, 4.69) is 27.6 Å². The van der Waals surface area contributed by atoms with Gasteiger partial charge in [-0.1, -0.05) is 6.07 Å². The van der Waals surface area contributed by atoms with Gasteiger partial charge in [0.1, 0.15) is 17.6 Å². The molecular weight excluding hydrogens is 443 g/mol. The van der Waals surface area contributed by atoms with Crippen LogP contribution in [0.4, 0.5) is 0 Å². The van der Waals surface area contributed by atoms with Gasteiger partial charge in [-0.15, -0.1) is 24.0 Å². The lowest BCUT2D eigenvalue weighted by molar-refractivity contribution is 0.217. The quantitative estimate of drug-likeness (QED) is 0.360. The number of likely N-dealkylation sites (tertiary alicyclic amines) is 1. The Morgan fingerprint density at radius 1 is 1.27 bits per heavy atom. The van der Waals surface area contributed by atoms with E-state index in [-0.39, 0.29) is 30.1 Å². The average Bonchev–Trinajstić information content (AvgIpc) is 2.63. The van der Waals surface area contributed by atoms with Crippen LogP contribution in [0.1, 0.15) is 19.8 Å². The number of methoxy groups -OCH3 is 1. The number of nitrogens with one attached hydrogen (secondary N) is 2. The molecule has 6 nitrogen and oxygen atoms in total. The number of hydrogen-bond donors (Lipinski definition) is 2. The second-order valence-electron chi connectivity index (χ2n) is 6.69. The number of hydrogen-bond acceptors (Lipinski definition) is 4. The van der Waals surface area contributed by atoms with Gasteiger partial charge < -0.3 is 25.0 Å².